The molecule has 1 aliphatic rings. The van der Waals surface area contributed by atoms with E-state index in [0.717, 1.165) is 23.5 Å². The topological polar surface area (TPSA) is 67.2 Å². The van der Waals surface area contributed by atoms with Gasteiger partial charge in [-0.1, -0.05) is 30.3 Å². The zero-order valence-electron chi connectivity index (χ0n) is 15.1. The molecule has 1 fully saturated rings. The molecule has 136 valence electrons. The first-order valence-corrected chi connectivity index (χ1v) is 8.96. The monoisotopic (exact) mass is 360 g/mol. The SMILES string of the molecule is Cc1c(C(=O)Nc2ccccc2N2CCCC2=O)cnn1-c1ccccc1. The van der Waals surface area contributed by atoms with Gasteiger partial charge in [-0.3, -0.25) is 9.59 Å². The first-order valence-electron chi connectivity index (χ1n) is 8.96. The smallest absolute Gasteiger partial charge is 0.259 e. The van der Waals surface area contributed by atoms with E-state index in [9.17, 15) is 9.59 Å². The number of carbonyl (C=O) groups is 2. The minimum atomic E-state index is -0.242. The highest BCUT2D eigenvalue weighted by Crippen LogP contribution is 2.30. The predicted octanol–water partition coefficient (Wildman–Crippen LogP) is 3.56. The van der Waals surface area contributed by atoms with Crippen molar-refractivity contribution in [1.82, 2.24) is 9.78 Å². The molecule has 2 aromatic carbocycles. The van der Waals surface area contributed by atoms with E-state index >= 15 is 0 Å². The van der Waals surface area contributed by atoms with Crippen molar-refractivity contribution < 1.29 is 9.59 Å². The molecule has 27 heavy (non-hydrogen) atoms. The number of aromatic nitrogens is 2. The molecule has 2 amide bonds. The number of nitrogens with one attached hydrogen (secondary N) is 1. The van der Waals surface area contributed by atoms with E-state index in [1.807, 2.05) is 61.5 Å². The molecule has 1 aliphatic heterocycles. The largest absolute Gasteiger partial charge is 0.320 e. The number of amides is 2. The molecule has 0 bridgehead atoms. The standard InChI is InChI=1S/C21H20N4O2/c1-15-17(14-22-25(15)16-8-3-2-4-9-16)21(27)23-18-10-5-6-11-19(18)24-13-7-12-20(24)26/h2-6,8-11,14H,7,12-13H2,1H3,(H,23,27). The van der Waals surface area contributed by atoms with Crippen LogP contribution in [0.4, 0.5) is 11.4 Å². The van der Waals surface area contributed by atoms with E-state index in [1.54, 1.807) is 15.8 Å². The van der Waals surface area contributed by atoms with Gasteiger partial charge >= 0.3 is 0 Å². The second kappa shape index (κ2) is 7.07. The Balaban J connectivity index is 1.61. The lowest BCUT2D eigenvalue weighted by Gasteiger charge is -2.19. The first kappa shape index (κ1) is 17.0. The summed E-state index contributed by atoms with van der Waals surface area (Å²) in [6.45, 7) is 2.54. The van der Waals surface area contributed by atoms with E-state index in [2.05, 4.69) is 10.4 Å². The van der Waals surface area contributed by atoms with Crippen LogP contribution in [0.25, 0.3) is 5.69 Å². The van der Waals surface area contributed by atoms with Crippen LogP contribution < -0.4 is 10.2 Å². The first-order chi connectivity index (χ1) is 13.1. The van der Waals surface area contributed by atoms with Crippen LogP contribution in [0.1, 0.15) is 28.9 Å². The summed E-state index contributed by atoms with van der Waals surface area (Å²) in [5.41, 5.74) is 3.53. The predicted molar refractivity (Wildman–Crippen MR) is 104 cm³/mol. The van der Waals surface area contributed by atoms with Gasteiger partial charge in [-0.15, -0.1) is 0 Å². The zero-order valence-corrected chi connectivity index (χ0v) is 15.1. The molecule has 6 nitrogen and oxygen atoms in total. The third-order valence-corrected chi connectivity index (χ3v) is 4.77. The van der Waals surface area contributed by atoms with Gasteiger partial charge in [0.25, 0.3) is 5.91 Å². The molecule has 1 aromatic heterocycles. The Morgan fingerprint density at radius 3 is 2.56 bits per heavy atom. The summed E-state index contributed by atoms with van der Waals surface area (Å²) < 4.78 is 1.74. The van der Waals surface area contributed by atoms with Crippen molar-refractivity contribution >= 4 is 23.2 Å². The van der Waals surface area contributed by atoms with E-state index in [-0.39, 0.29) is 11.8 Å². The fourth-order valence-corrected chi connectivity index (χ4v) is 3.37. The average Bonchev–Trinajstić information content (AvgIpc) is 3.28. The van der Waals surface area contributed by atoms with Crippen LogP contribution >= 0.6 is 0 Å². The van der Waals surface area contributed by atoms with Crippen LogP contribution in [-0.4, -0.2) is 28.1 Å². The number of hydrogen-bond acceptors (Lipinski definition) is 3. The van der Waals surface area contributed by atoms with Gasteiger partial charge in [-0.25, -0.2) is 4.68 Å². The molecular weight excluding hydrogens is 340 g/mol. The Bertz CT molecular complexity index is 994. The van der Waals surface area contributed by atoms with Gasteiger partial charge in [-0.05, 0) is 37.6 Å². The molecular formula is C21H20N4O2. The zero-order chi connectivity index (χ0) is 18.8. The maximum Gasteiger partial charge on any atom is 0.259 e. The number of nitrogens with zero attached hydrogens (tertiary/aromatic N) is 3. The number of anilines is 2. The highest BCUT2D eigenvalue weighted by molar-refractivity contribution is 6.08. The van der Waals surface area contributed by atoms with E-state index in [4.69, 9.17) is 0 Å². The summed E-state index contributed by atoms with van der Waals surface area (Å²) in [6.07, 6.45) is 2.95. The van der Waals surface area contributed by atoms with Crippen LogP contribution in [0.2, 0.25) is 0 Å². The van der Waals surface area contributed by atoms with Gasteiger partial charge in [0.2, 0.25) is 5.91 Å². The van der Waals surface area contributed by atoms with Gasteiger partial charge in [0.1, 0.15) is 0 Å². The number of para-hydroxylation sites is 3. The molecule has 0 radical (unpaired) electrons. The molecule has 6 heteroatoms. The minimum Gasteiger partial charge on any atom is -0.320 e. The third kappa shape index (κ3) is 3.21. The quantitative estimate of drug-likeness (QED) is 0.773. The van der Waals surface area contributed by atoms with Gasteiger partial charge in [-0.2, -0.15) is 5.10 Å². The minimum absolute atomic E-state index is 0.0878. The summed E-state index contributed by atoms with van der Waals surface area (Å²) >= 11 is 0. The Labute approximate surface area is 157 Å². The lowest BCUT2D eigenvalue weighted by molar-refractivity contribution is -0.117. The molecule has 1 N–H and O–H groups in total. The molecule has 3 aromatic rings. The van der Waals surface area contributed by atoms with Crippen molar-refractivity contribution in [2.45, 2.75) is 19.8 Å². The fraction of sp³-hybridized carbons (Fsp3) is 0.190. The molecule has 4 rings (SSSR count). The summed E-state index contributed by atoms with van der Waals surface area (Å²) in [7, 11) is 0. The van der Waals surface area contributed by atoms with Crippen LogP contribution in [-0.2, 0) is 4.79 Å². The second-order valence-corrected chi connectivity index (χ2v) is 6.51. The number of hydrogen-bond donors (Lipinski definition) is 1. The van der Waals surface area contributed by atoms with Gasteiger partial charge < -0.3 is 10.2 Å². The van der Waals surface area contributed by atoms with Crippen molar-refractivity contribution in [3.63, 3.8) is 0 Å². The molecule has 2 heterocycles. The second-order valence-electron chi connectivity index (χ2n) is 6.51. The van der Waals surface area contributed by atoms with Crippen molar-refractivity contribution in [1.29, 1.82) is 0 Å². The lowest BCUT2D eigenvalue weighted by Crippen LogP contribution is -2.25. The Morgan fingerprint density at radius 1 is 1.07 bits per heavy atom. The molecule has 0 atom stereocenters. The highest BCUT2D eigenvalue weighted by Gasteiger charge is 2.25. The van der Waals surface area contributed by atoms with Crippen LogP contribution in [0.5, 0.6) is 0 Å². The van der Waals surface area contributed by atoms with Crippen LogP contribution in [0.3, 0.4) is 0 Å². The van der Waals surface area contributed by atoms with Crippen molar-refractivity contribution in [3.8, 4) is 5.69 Å². The molecule has 1 saturated heterocycles. The van der Waals surface area contributed by atoms with E-state index in [1.165, 1.54) is 0 Å². The summed E-state index contributed by atoms with van der Waals surface area (Å²) in [5.74, 6) is -0.154. The summed E-state index contributed by atoms with van der Waals surface area (Å²) in [6, 6.07) is 17.1. The van der Waals surface area contributed by atoms with Gasteiger partial charge in [0.05, 0.1) is 34.5 Å². The number of carbonyl (C=O) groups excluding carboxylic acids is 2. The van der Waals surface area contributed by atoms with Crippen LogP contribution in [0.15, 0.2) is 60.8 Å². The molecule has 0 spiro atoms. The van der Waals surface area contributed by atoms with Crippen molar-refractivity contribution in [2.24, 2.45) is 0 Å². The maximum atomic E-state index is 12.9. The number of rotatable bonds is 4. The maximum absolute atomic E-state index is 12.9. The Kier molecular flexibility index (Phi) is 4.46. The third-order valence-electron chi connectivity index (χ3n) is 4.77. The number of benzene rings is 2. The fourth-order valence-electron chi connectivity index (χ4n) is 3.37. The summed E-state index contributed by atoms with van der Waals surface area (Å²) in [4.78, 5) is 26.7. The van der Waals surface area contributed by atoms with Gasteiger partial charge in [0, 0.05) is 13.0 Å². The summed E-state index contributed by atoms with van der Waals surface area (Å²) in [5, 5.41) is 7.30. The van der Waals surface area contributed by atoms with E-state index in [0.29, 0.717) is 24.2 Å². The van der Waals surface area contributed by atoms with Crippen molar-refractivity contribution in [3.05, 3.63) is 72.1 Å². The molecule has 0 aliphatic carbocycles. The average molecular weight is 360 g/mol. The molecule has 0 unspecified atom stereocenters. The van der Waals surface area contributed by atoms with E-state index < -0.39 is 0 Å². The normalized spacial score (nSPS) is 13.8. The lowest BCUT2D eigenvalue weighted by atomic mass is 10.2. The molecule has 0 saturated carbocycles. The Hall–Kier alpha value is -3.41. The van der Waals surface area contributed by atoms with Gasteiger partial charge in [0.15, 0.2) is 0 Å². The van der Waals surface area contributed by atoms with Crippen LogP contribution in [0, 0.1) is 6.92 Å². The highest BCUT2D eigenvalue weighted by atomic mass is 16.2. The van der Waals surface area contributed by atoms with Crippen molar-refractivity contribution in [2.75, 3.05) is 16.8 Å². The Morgan fingerprint density at radius 2 is 1.81 bits per heavy atom.